The highest BCUT2D eigenvalue weighted by Crippen LogP contribution is 2.27. The molecule has 2 rings (SSSR count). The molecule has 0 saturated carbocycles. The smallest absolute Gasteiger partial charge is 0.339 e. The Labute approximate surface area is 179 Å². The number of anilines is 1. The third kappa shape index (κ3) is 8.99. The van der Waals surface area contributed by atoms with Crippen LogP contribution in [-0.4, -0.2) is 26.0 Å². The third-order valence-corrected chi connectivity index (χ3v) is 4.60. The highest BCUT2D eigenvalue weighted by atomic mass is 16.5. The Balaban J connectivity index is 1.74. The van der Waals surface area contributed by atoms with Crippen molar-refractivity contribution in [1.82, 2.24) is 5.43 Å². The Morgan fingerprint density at radius 1 is 0.967 bits per heavy atom. The second kappa shape index (κ2) is 14.0. The van der Waals surface area contributed by atoms with Crippen molar-refractivity contribution in [2.75, 3.05) is 19.0 Å². The van der Waals surface area contributed by atoms with Crippen molar-refractivity contribution in [3.63, 3.8) is 0 Å². The van der Waals surface area contributed by atoms with Crippen LogP contribution in [0.3, 0.4) is 0 Å². The van der Waals surface area contributed by atoms with Gasteiger partial charge in [-0.05, 0) is 42.3 Å². The summed E-state index contributed by atoms with van der Waals surface area (Å²) in [7, 11) is 1.61. The largest absolute Gasteiger partial charge is 0.493 e. The number of carbonyl (C=O) groups excluding carboxylic acids is 1. The molecule has 0 heterocycles. The van der Waals surface area contributed by atoms with Crippen LogP contribution in [0, 0.1) is 0 Å². The number of hydrogen-bond acceptors (Lipinski definition) is 4. The zero-order chi connectivity index (χ0) is 21.4. The topological polar surface area (TPSA) is 72.0 Å². The summed E-state index contributed by atoms with van der Waals surface area (Å²) in [6.07, 6.45) is 10.3. The summed E-state index contributed by atoms with van der Waals surface area (Å²) in [6, 6.07) is 14.4. The minimum atomic E-state index is -0.404. The summed E-state index contributed by atoms with van der Waals surface area (Å²) >= 11 is 0. The van der Waals surface area contributed by atoms with Gasteiger partial charge in [0.1, 0.15) is 0 Å². The van der Waals surface area contributed by atoms with E-state index in [1.54, 1.807) is 25.5 Å². The molecule has 0 aliphatic heterocycles. The van der Waals surface area contributed by atoms with E-state index < -0.39 is 6.03 Å². The first-order valence-corrected chi connectivity index (χ1v) is 10.7. The number of nitrogens with one attached hydrogen (secondary N) is 2. The van der Waals surface area contributed by atoms with Crippen molar-refractivity contribution < 1.29 is 14.3 Å². The molecule has 162 valence electrons. The number of carbonyl (C=O) groups is 1. The molecule has 0 unspecified atom stereocenters. The highest BCUT2D eigenvalue weighted by Gasteiger charge is 2.05. The summed E-state index contributed by atoms with van der Waals surface area (Å²) in [4.78, 5) is 11.8. The van der Waals surface area contributed by atoms with Crippen LogP contribution >= 0.6 is 0 Å². The second-order valence-electron chi connectivity index (χ2n) is 7.07. The van der Waals surface area contributed by atoms with Crippen LogP contribution in [0.15, 0.2) is 53.6 Å². The average Bonchev–Trinajstić information content (AvgIpc) is 2.77. The van der Waals surface area contributed by atoms with Crippen molar-refractivity contribution in [1.29, 1.82) is 0 Å². The van der Waals surface area contributed by atoms with Gasteiger partial charge in [-0.2, -0.15) is 5.10 Å². The number of hydrogen-bond donors (Lipinski definition) is 2. The number of amides is 2. The number of methoxy groups -OCH3 is 1. The first-order chi connectivity index (χ1) is 14.7. The van der Waals surface area contributed by atoms with Gasteiger partial charge in [0, 0.05) is 5.69 Å². The van der Waals surface area contributed by atoms with Gasteiger partial charge in [0.2, 0.25) is 0 Å². The van der Waals surface area contributed by atoms with E-state index in [0.29, 0.717) is 18.0 Å². The van der Waals surface area contributed by atoms with Gasteiger partial charge in [0.05, 0.1) is 19.9 Å². The third-order valence-electron chi connectivity index (χ3n) is 4.60. The number of urea groups is 1. The van der Waals surface area contributed by atoms with Crippen molar-refractivity contribution >= 4 is 17.9 Å². The molecule has 0 aliphatic rings. The first-order valence-electron chi connectivity index (χ1n) is 10.7. The number of unbranched alkanes of at least 4 members (excludes halogenated alkanes) is 6. The van der Waals surface area contributed by atoms with E-state index in [4.69, 9.17) is 9.47 Å². The van der Waals surface area contributed by atoms with Crippen LogP contribution in [0.2, 0.25) is 0 Å². The van der Waals surface area contributed by atoms with Crippen LogP contribution in [0.25, 0.3) is 0 Å². The van der Waals surface area contributed by atoms with Gasteiger partial charge in [-0.15, -0.1) is 0 Å². The van der Waals surface area contributed by atoms with E-state index in [1.807, 2.05) is 36.4 Å². The molecule has 0 radical (unpaired) electrons. The van der Waals surface area contributed by atoms with Crippen LogP contribution in [0.5, 0.6) is 11.5 Å². The molecule has 0 spiro atoms. The fourth-order valence-electron chi connectivity index (χ4n) is 2.97. The maximum atomic E-state index is 11.8. The Bertz CT molecular complexity index is 779. The summed E-state index contributed by atoms with van der Waals surface area (Å²) < 4.78 is 11.3. The fourth-order valence-corrected chi connectivity index (χ4v) is 2.97. The maximum absolute atomic E-state index is 11.8. The second-order valence-corrected chi connectivity index (χ2v) is 7.07. The quantitative estimate of drug-likeness (QED) is 0.242. The van der Waals surface area contributed by atoms with Gasteiger partial charge in [0.15, 0.2) is 11.5 Å². The molecular weight excluding hydrogens is 378 g/mol. The van der Waals surface area contributed by atoms with Gasteiger partial charge < -0.3 is 14.8 Å². The number of ether oxygens (including phenoxy) is 2. The van der Waals surface area contributed by atoms with Crippen LogP contribution in [-0.2, 0) is 0 Å². The molecule has 2 N–H and O–H groups in total. The van der Waals surface area contributed by atoms with Crippen LogP contribution in [0.4, 0.5) is 10.5 Å². The number of benzene rings is 2. The summed E-state index contributed by atoms with van der Waals surface area (Å²) in [5, 5.41) is 6.68. The normalized spacial score (nSPS) is 10.7. The van der Waals surface area contributed by atoms with E-state index in [-0.39, 0.29) is 0 Å². The van der Waals surface area contributed by atoms with E-state index in [1.165, 1.54) is 38.5 Å². The van der Waals surface area contributed by atoms with Crippen molar-refractivity contribution in [3.8, 4) is 11.5 Å². The highest BCUT2D eigenvalue weighted by molar-refractivity contribution is 5.90. The van der Waals surface area contributed by atoms with Crippen LogP contribution in [0.1, 0.15) is 57.4 Å². The lowest BCUT2D eigenvalue weighted by Crippen LogP contribution is -2.24. The molecule has 0 fully saturated rings. The van der Waals surface area contributed by atoms with E-state index >= 15 is 0 Å². The van der Waals surface area contributed by atoms with Crippen LogP contribution < -0.4 is 20.2 Å². The minimum Gasteiger partial charge on any atom is -0.493 e. The van der Waals surface area contributed by atoms with Gasteiger partial charge in [-0.1, -0.05) is 63.6 Å². The Morgan fingerprint density at radius 3 is 2.43 bits per heavy atom. The van der Waals surface area contributed by atoms with E-state index in [2.05, 4.69) is 22.8 Å². The summed E-state index contributed by atoms with van der Waals surface area (Å²) in [5.74, 6) is 1.37. The lowest BCUT2D eigenvalue weighted by molar-refractivity contribution is 0.252. The molecule has 6 heteroatoms. The lowest BCUT2D eigenvalue weighted by Gasteiger charge is -2.11. The van der Waals surface area contributed by atoms with Gasteiger partial charge >= 0.3 is 6.03 Å². The molecule has 0 saturated heterocycles. The first kappa shape index (κ1) is 23.3. The molecule has 2 aromatic carbocycles. The summed E-state index contributed by atoms with van der Waals surface area (Å²) in [6.45, 7) is 2.91. The van der Waals surface area contributed by atoms with E-state index in [0.717, 1.165) is 17.7 Å². The Hall–Kier alpha value is -3.02. The molecule has 0 aromatic heterocycles. The molecule has 2 amide bonds. The predicted octanol–water partition coefficient (Wildman–Crippen LogP) is 5.98. The van der Waals surface area contributed by atoms with Gasteiger partial charge in [-0.25, -0.2) is 10.2 Å². The molecule has 0 atom stereocenters. The molecule has 6 nitrogen and oxygen atoms in total. The summed E-state index contributed by atoms with van der Waals surface area (Å²) in [5.41, 5.74) is 3.95. The van der Waals surface area contributed by atoms with Crippen molar-refractivity contribution in [2.45, 2.75) is 51.9 Å². The van der Waals surface area contributed by atoms with Crippen molar-refractivity contribution in [3.05, 3.63) is 54.1 Å². The minimum absolute atomic E-state index is 0.404. The lowest BCUT2D eigenvalue weighted by atomic mass is 10.1. The maximum Gasteiger partial charge on any atom is 0.339 e. The van der Waals surface area contributed by atoms with E-state index in [9.17, 15) is 4.79 Å². The fraction of sp³-hybridized carbons (Fsp3) is 0.417. The molecule has 2 aromatic rings. The molecule has 0 aliphatic carbocycles. The predicted molar refractivity (Wildman–Crippen MR) is 123 cm³/mol. The standard InChI is InChI=1S/C24H33N3O3/c1-3-4-5-6-7-8-12-17-30-22-16-15-20(18-23(22)29-2)19-25-27-24(28)26-21-13-10-9-11-14-21/h9-11,13-16,18-19H,3-8,12,17H2,1-2H3,(H2,26,27,28)/b25-19+. The average molecular weight is 412 g/mol. The van der Waals surface area contributed by atoms with Gasteiger partial charge in [0.25, 0.3) is 0 Å². The number of hydrazone groups is 1. The van der Waals surface area contributed by atoms with Gasteiger partial charge in [-0.3, -0.25) is 0 Å². The molecule has 30 heavy (non-hydrogen) atoms. The molecule has 0 bridgehead atoms. The zero-order valence-corrected chi connectivity index (χ0v) is 18.0. The zero-order valence-electron chi connectivity index (χ0n) is 18.0. The number of nitrogens with zero attached hydrogens (tertiary/aromatic N) is 1. The monoisotopic (exact) mass is 411 g/mol. The SMILES string of the molecule is CCCCCCCCCOc1ccc(/C=N/NC(=O)Nc2ccccc2)cc1OC. The number of rotatable bonds is 13. The Morgan fingerprint density at radius 2 is 1.70 bits per heavy atom. The number of para-hydroxylation sites is 1. The van der Waals surface area contributed by atoms with Crippen molar-refractivity contribution in [2.24, 2.45) is 5.10 Å². The molecular formula is C24H33N3O3. The Kier molecular flexibility index (Phi) is 10.9.